The molecule has 20 heavy (non-hydrogen) atoms. The smallest absolute Gasteiger partial charge is 0.118 e. The van der Waals surface area contributed by atoms with Gasteiger partial charge in [0.15, 0.2) is 0 Å². The van der Waals surface area contributed by atoms with E-state index in [1.807, 2.05) is 19.2 Å². The Morgan fingerprint density at radius 3 is 2.65 bits per heavy atom. The molecule has 4 heteroatoms. The predicted molar refractivity (Wildman–Crippen MR) is 79.1 cm³/mol. The first kappa shape index (κ1) is 15.3. The highest BCUT2D eigenvalue weighted by atomic mass is 16.5. The van der Waals surface area contributed by atoms with Crippen molar-refractivity contribution in [1.82, 2.24) is 5.32 Å². The Labute approximate surface area is 121 Å². The Kier molecular flexibility index (Phi) is 5.83. The molecule has 0 spiro atoms. The van der Waals surface area contributed by atoms with Gasteiger partial charge in [0.2, 0.25) is 0 Å². The van der Waals surface area contributed by atoms with Gasteiger partial charge in [-0.1, -0.05) is 12.1 Å². The Morgan fingerprint density at radius 2 is 2.10 bits per heavy atom. The lowest BCUT2D eigenvalue weighted by atomic mass is 10.0. The van der Waals surface area contributed by atoms with Crippen molar-refractivity contribution in [1.29, 1.82) is 0 Å². The number of nitrogens with one attached hydrogen (secondary N) is 1. The molecule has 0 aliphatic carbocycles. The molecule has 1 heterocycles. The molecular weight excluding hydrogens is 254 g/mol. The molecule has 0 radical (unpaired) electrons. The normalized spacial score (nSPS) is 21.6. The van der Waals surface area contributed by atoms with Gasteiger partial charge in [0.1, 0.15) is 5.75 Å². The fraction of sp³-hybridized carbons (Fsp3) is 0.625. The van der Waals surface area contributed by atoms with E-state index in [1.165, 1.54) is 5.56 Å². The molecule has 0 aromatic heterocycles. The zero-order valence-corrected chi connectivity index (χ0v) is 12.6. The molecule has 1 saturated heterocycles. The minimum atomic E-state index is 0.119. The van der Waals surface area contributed by atoms with Crippen LogP contribution in [0, 0.1) is 5.92 Å². The third-order valence-corrected chi connectivity index (χ3v) is 3.87. The largest absolute Gasteiger partial charge is 0.497 e. The molecule has 112 valence electrons. The second-order valence-electron chi connectivity index (χ2n) is 5.31. The molecule has 1 N–H and O–H groups in total. The van der Waals surface area contributed by atoms with Crippen LogP contribution in [0.25, 0.3) is 0 Å². The number of rotatable bonds is 7. The minimum Gasteiger partial charge on any atom is -0.497 e. The lowest BCUT2D eigenvalue weighted by Crippen LogP contribution is -2.31. The Morgan fingerprint density at radius 1 is 1.35 bits per heavy atom. The van der Waals surface area contributed by atoms with Crippen LogP contribution in [0.2, 0.25) is 0 Å². The standard InChI is InChI=1S/C16H25NO3/c1-12(20-11-13-8-9-19-10-13)16(17-2)14-4-6-15(18-3)7-5-14/h4-7,12-13,16-17H,8-11H2,1-3H3. The monoisotopic (exact) mass is 279 g/mol. The Bertz CT molecular complexity index is 387. The lowest BCUT2D eigenvalue weighted by Gasteiger charge is -2.25. The molecule has 0 bridgehead atoms. The van der Waals surface area contributed by atoms with E-state index >= 15 is 0 Å². The van der Waals surface area contributed by atoms with Gasteiger partial charge in [0.25, 0.3) is 0 Å². The third kappa shape index (κ3) is 3.95. The van der Waals surface area contributed by atoms with Crippen molar-refractivity contribution in [2.75, 3.05) is 34.0 Å². The van der Waals surface area contributed by atoms with Crippen molar-refractivity contribution in [2.45, 2.75) is 25.5 Å². The van der Waals surface area contributed by atoms with Crippen molar-refractivity contribution >= 4 is 0 Å². The summed E-state index contributed by atoms with van der Waals surface area (Å²) < 4.78 is 16.6. The summed E-state index contributed by atoms with van der Waals surface area (Å²) in [5.74, 6) is 1.42. The molecule has 4 nitrogen and oxygen atoms in total. The van der Waals surface area contributed by atoms with Crippen LogP contribution in [-0.4, -0.2) is 40.1 Å². The summed E-state index contributed by atoms with van der Waals surface area (Å²) in [5, 5.41) is 3.33. The Hall–Kier alpha value is -1.10. The van der Waals surface area contributed by atoms with Crippen LogP contribution in [0.1, 0.15) is 24.9 Å². The van der Waals surface area contributed by atoms with Crippen molar-refractivity contribution in [3.05, 3.63) is 29.8 Å². The van der Waals surface area contributed by atoms with Crippen LogP contribution in [0.3, 0.4) is 0 Å². The summed E-state index contributed by atoms with van der Waals surface area (Å²) in [6, 6.07) is 8.31. The van der Waals surface area contributed by atoms with E-state index < -0.39 is 0 Å². The second-order valence-corrected chi connectivity index (χ2v) is 5.31. The maximum Gasteiger partial charge on any atom is 0.118 e. The van der Waals surface area contributed by atoms with E-state index in [4.69, 9.17) is 14.2 Å². The van der Waals surface area contributed by atoms with Gasteiger partial charge in [0.05, 0.1) is 32.5 Å². The first-order valence-corrected chi connectivity index (χ1v) is 7.25. The molecule has 2 rings (SSSR count). The van der Waals surface area contributed by atoms with Gasteiger partial charge in [-0.3, -0.25) is 0 Å². The maximum absolute atomic E-state index is 6.02. The van der Waals surface area contributed by atoms with E-state index in [2.05, 4.69) is 24.4 Å². The van der Waals surface area contributed by atoms with Crippen LogP contribution in [-0.2, 0) is 9.47 Å². The summed E-state index contributed by atoms with van der Waals surface area (Å²) in [5.41, 5.74) is 1.21. The molecule has 0 saturated carbocycles. The topological polar surface area (TPSA) is 39.7 Å². The van der Waals surface area contributed by atoms with E-state index in [-0.39, 0.29) is 12.1 Å². The quantitative estimate of drug-likeness (QED) is 0.832. The number of ether oxygens (including phenoxy) is 3. The summed E-state index contributed by atoms with van der Waals surface area (Å²) in [6.45, 7) is 4.59. The van der Waals surface area contributed by atoms with Crippen LogP contribution in [0.5, 0.6) is 5.75 Å². The molecule has 1 aliphatic heterocycles. The lowest BCUT2D eigenvalue weighted by molar-refractivity contribution is 0.0160. The second kappa shape index (κ2) is 7.62. The van der Waals surface area contributed by atoms with Crippen LogP contribution in [0.4, 0.5) is 0 Å². The van der Waals surface area contributed by atoms with Crippen molar-refractivity contribution in [2.24, 2.45) is 5.92 Å². The van der Waals surface area contributed by atoms with Crippen molar-refractivity contribution in [3.63, 3.8) is 0 Å². The molecule has 1 fully saturated rings. The molecule has 0 amide bonds. The SMILES string of the molecule is CNC(c1ccc(OC)cc1)C(C)OCC1CCOC1. The van der Waals surface area contributed by atoms with E-state index in [0.29, 0.717) is 5.92 Å². The minimum absolute atomic E-state index is 0.119. The first-order chi connectivity index (χ1) is 9.74. The van der Waals surface area contributed by atoms with E-state index in [1.54, 1.807) is 7.11 Å². The fourth-order valence-electron chi connectivity index (χ4n) is 2.58. The average Bonchev–Trinajstić information content (AvgIpc) is 3.00. The predicted octanol–water partition coefficient (Wildman–Crippen LogP) is 2.40. The van der Waals surface area contributed by atoms with Gasteiger partial charge in [0, 0.05) is 12.5 Å². The zero-order chi connectivity index (χ0) is 14.4. The molecule has 1 aliphatic rings. The summed E-state index contributed by atoms with van der Waals surface area (Å²) in [7, 11) is 3.65. The van der Waals surface area contributed by atoms with Crippen LogP contribution >= 0.6 is 0 Å². The van der Waals surface area contributed by atoms with Gasteiger partial charge in [-0.2, -0.15) is 0 Å². The number of benzene rings is 1. The zero-order valence-electron chi connectivity index (χ0n) is 12.6. The van der Waals surface area contributed by atoms with Gasteiger partial charge < -0.3 is 19.5 Å². The van der Waals surface area contributed by atoms with Gasteiger partial charge in [-0.25, -0.2) is 0 Å². The molecule has 1 aromatic rings. The maximum atomic E-state index is 6.02. The van der Waals surface area contributed by atoms with E-state index in [9.17, 15) is 0 Å². The molecule has 3 unspecified atom stereocenters. The number of methoxy groups -OCH3 is 1. The first-order valence-electron chi connectivity index (χ1n) is 7.25. The van der Waals surface area contributed by atoms with Crippen LogP contribution < -0.4 is 10.1 Å². The molecule has 1 aromatic carbocycles. The van der Waals surface area contributed by atoms with Crippen LogP contribution in [0.15, 0.2) is 24.3 Å². The summed E-state index contributed by atoms with van der Waals surface area (Å²) in [4.78, 5) is 0. The summed E-state index contributed by atoms with van der Waals surface area (Å²) >= 11 is 0. The highest BCUT2D eigenvalue weighted by Gasteiger charge is 2.21. The number of likely N-dealkylation sites (N-methyl/N-ethyl adjacent to an activating group) is 1. The third-order valence-electron chi connectivity index (χ3n) is 3.87. The Balaban J connectivity index is 1.91. The van der Waals surface area contributed by atoms with Crippen molar-refractivity contribution in [3.8, 4) is 5.75 Å². The summed E-state index contributed by atoms with van der Waals surface area (Å²) in [6.07, 6.45) is 1.23. The number of hydrogen-bond acceptors (Lipinski definition) is 4. The molecular formula is C16H25NO3. The van der Waals surface area contributed by atoms with E-state index in [0.717, 1.165) is 32.0 Å². The number of hydrogen-bond donors (Lipinski definition) is 1. The van der Waals surface area contributed by atoms with Gasteiger partial charge in [-0.15, -0.1) is 0 Å². The van der Waals surface area contributed by atoms with Gasteiger partial charge in [-0.05, 0) is 38.1 Å². The van der Waals surface area contributed by atoms with Gasteiger partial charge >= 0.3 is 0 Å². The van der Waals surface area contributed by atoms with Crippen molar-refractivity contribution < 1.29 is 14.2 Å². The molecule has 3 atom stereocenters. The average molecular weight is 279 g/mol. The highest BCUT2D eigenvalue weighted by Crippen LogP contribution is 2.23. The fourth-order valence-corrected chi connectivity index (χ4v) is 2.58. The highest BCUT2D eigenvalue weighted by molar-refractivity contribution is 5.29.